The molecule has 1 saturated heterocycles. The molecule has 0 bridgehead atoms. The van der Waals surface area contributed by atoms with Gasteiger partial charge in [-0.15, -0.1) is 11.3 Å². The lowest BCUT2D eigenvalue weighted by molar-refractivity contribution is 0.370. The van der Waals surface area contributed by atoms with E-state index in [-0.39, 0.29) is 0 Å². The molecule has 0 atom stereocenters. The molecular formula is C21H25N7S. The summed E-state index contributed by atoms with van der Waals surface area (Å²) in [5.41, 5.74) is 2.23. The molecule has 150 valence electrons. The van der Waals surface area contributed by atoms with Gasteiger partial charge in [-0.3, -0.25) is 4.99 Å². The van der Waals surface area contributed by atoms with Crippen molar-refractivity contribution < 1.29 is 0 Å². The van der Waals surface area contributed by atoms with Crippen LogP contribution in [0.5, 0.6) is 0 Å². The molecule has 0 radical (unpaired) electrons. The van der Waals surface area contributed by atoms with Gasteiger partial charge in [-0.05, 0) is 13.0 Å². The van der Waals surface area contributed by atoms with E-state index in [0.29, 0.717) is 0 Å². The zero-order valence-electron chi connectivity index (χ0n) is 16.7. The summed E-state index contributed by atoms with van der Waals surface area (Å²) in [4.78, 5) is 23.7. The summed E-state index contributed by atoms with van der Waals surface area (Å²) < 4.78 is 0. The van der Waals surface area contributed by atoms with Crippen LogP contribution in [0, 0.1) is 6.92 Å². The van der Waals surface area contributed by atoms with Crippen LogP contribution >= 0.6 is 11.3 Å². The van der Waals surface area contributed by atoms with Crippen molar-refractivity contribution in [1.82, 2.24) is 25.2 Å². The summed E-state index contributed by atoms with van der Waals surface area (Å²) in [6, 6.07) is 12.2. The molecule has 0 spiro atoms. The number of hydrogen-bond acceptors (Lipinski definition) is 6. The Hall–Kier alpha value is -3.00. The molecule has 1 aliphatic rings. The third kappa shape index (κ3) is 4.54. The third-order valence-corrected chi connectivity index (χ3v) is 6.15. The van der Waals surface area contributed by atoms with Gasteiger partial charge in [0.05, 0.1) is 12.2 Å². The van der Waals surface area contributed by atoms with Crippen molar-refractivity contribution in [2.75, 3.05) is 38.1 Å². The average Bonchev–Trinajstić information content (AvgIpc) is 3.16. The summed E-state index contributed by atoms with van der Waals surface area (Å²) in [5, 5.41) is 4.57. The lowest BCUT2D eigenvalue weighted by atomic mass is 10.2. The number of aryl methyl sites for hydroxylation is 1. The molecule has 0 unspecified atom stereocenters. The van der Waals surface area contributed by atoms with Crippen LogP contribution in [0.2, 0.25) is 0 Å². The van der Waals surface area contributed by atoms with E-state index in [1.54, 1.807) is 23.7 Å². The van der Waals surface area contributed by atoms with Crippen molar-refractivity contribution >= 4 is 23.2 Å². The maximum Gasteiger partial charge on any atom is 0.225 e. The highest BCUT2D eigenvalue weighted by Crippen LogP contribution is 2.27. The minimum Gasteiger partial charge on any atom is -0.351 e. The Morgan fingerprint density at radius 1 is 1.07 bits per heavy atom. The molecule has 1 fully saturated rings. The number of rotatable bonds is 4. The minimum absolute atomic E-state index is 0.727. The van der Waals surface area contributed by atoms with Crippen molar-refractivity contribution in [3.8, 4) is 10.6 Å². The second-order valence-corrected chi connectivity index (χ2v) is 7.90. The van der Waals surface area contributed by atoms with Crippen molar-refractivity contribution in [3.63, 3.8) is 0 Å². The highest BCUT2D eigenvalue weighted by Gasteiger charge is 2.21. The number of aliphatic imine (C=N–C) groups is 1. The molecule has 0 aliphatic carbocycles. The Labute approximate surface area is 175 Å². The van der Waals surface area contributed by atoms with E-state index in [1.807, 2.05) is 31.3 Å². The smallest absolute Gasteiger partial charge is 0.225 e. The molecule has 7 nitrogen and oxygen atoms in total. The number of piperazine rings is 1. The van der Waals surface area contributed by atoms with Gasteiger partial charge in [0, 0.05) is 56.1 Å². The van der Waals surface area contributed by atoms with Gasteiger partial charge in [0.1, 0.15) is 5.01 Å². The van der Waals surface area contributed by atoms with E-state index in [4.69, 9.17) is 4.98 Å². The van der Waals surface area contributed by atoms with E-state index >= 15 is 0 Å². The van der Waals surface area contributed by atoms with E-state index in [1.165, 1.54) is 4.88 Å². The molecule has 1 aromatic carbocycles. The monoisotopic (exact) mass is 407 g/mol. The summed E-state index contributed by atoms with van der Waals surface area (Å²) in [5.74, 6) is 1.72. The van der Waals surface area contributed by atoms with Crippen molar-refractivity contribution in [2.45, 2.75) is 13.5 Å². The first-order valence-corrected chi connectivity index (χ1v) is 10.6. The summed E-state index contributed by atoms with van der Waals surface area (Å²) in [7, 11) is 1.84. The van der Waals surface area contributed by atoms with Gasteiger partial charge in [-0.1, -0.05) is 30.3 Å². The molecule has 29 heavy (non-hydrogen) atoms. The van der Waals surface area contributed by atoms with E-state index in [2.05, 4.69) is 49.1 Å². The molecule has 3 aromatic rings. The first kappa shape index (κ1) is 19.3. The summed E-state index contributed by atoms with van der Waals surface area (Å²) in [6.45, 7) is 6.32. The molecular weight excluding hydrogens is 382 g/mol. The molecule has 2 aromatic heterocycles. The number of benzene rings is 1. The largest absolute Gasteiger partial charge is 0.351 e. The highest BCUT2D eigenvalue weighted by atomic mass is 32.1. The van der Waals surface area contributed by atoms with E-state index < -0.39 is 0 Å². The van der Waals surface area contributed by atoms with E-state index in [0.717, 1.165) is 60.9 Å². The standard InChI is InChI=1S/C21H25N7S/c1-16-18(29-19(26-16)17-7-4-3-5-8-17)15-25-20(22-2)27-11-13-28(14-12-27)21-23-9-6-10-24-21/h3-10H,11-15H2,1-2H3,(H,22,25). The topological polar surface area (TPSA) is 69.5 Å². The number of hydrogen-bond donors (Lipinski definition) is 1. The number of nitrogens with one attached hydrogen (secondary N) is 1. The number of anilines is 1. The average molecular weight is 408 g/mol. The fraction of sp³-hybridized carbons (Fsp3) is 0.333. The summed E-state index contributed by atoms with van der Waals surface area (Å²) in [6.07, 6.45) is 3.58. The van der Waals surface area contributed by atoms with Crippen LogP contribution in [0.3, 0.4) is 0 Å². The lowest BCUT2D eigenvalue weighted by Crippen LogP contribution is -2.52. The molecule has 4 rings (SSSR count). The first-order valence-electron chi connectivity index (χ1n) is 9.74. The predicted molar refractivity (Wildman–Crippen MR) is 118 cm³/mol. The van der Waals surface area contributed by atoms with E-state index in [9.17, 15) is 0 Å². The van der Waals surface area contributed by atoms with Crippen LogP contribution in [0.4, 0.5) is 5.95 Å². The van der Waals surface area contributed by atoms with Crippen molar-refractivity contribution in [3.05, 3.63) is 59.4 Å². The van der Waals surface area contributed by atoms with Gasteiger partial charge in [0.25, 0.3) is 0 Å². The summed E-state index contributed by atoms with van der Waals surface area (Å²) >= 11 is 1.74. The van der Waals surface area contributed by atoms with Gasteiger partial charge in [0.15, 0.2) is 5.96 Å². The van der Waals surface area contributed by atoms with Gasteiger partial charge < -0.3 is 15.1 Å². The first-order chi connectivity index (χ1) is 14.2. The van der Waals surface area contributed by atoms with Crippen LogP contribution in [0.1, 0.15) is 10.6 Å². The van der Waals surface area contributed by atoms with Crippen molar-refractivity contribution in [1.29, 1.82) is 0 Å². The zero-order valence-corrected chi connectivity index (χ0v) is 17.6. The maximum absolute atomic E-state index is 4.75. The Bertz CT molecular complexity index is 948. The Morgan fingerprint density at radius 2 is 1.79 bits per heavy atom. The fourth-order valence-electron chi connectivity index (χ4n) is 3.36. The molecule has 0 saturated carbocycles. The van der Waals surface area contributed by atoms with Gasteiger partial charge >= 0.3 is 0 Å². The van der Waals surface area contributed by atoms with Crippen LogP contribution in [-0.4, -0.2) is 59.0 Å². The number of aromatic nitrogens is 3. The quantitative estimate of drug-likeness (QED) is 0.530. The maximum atomic E-state index is 4.75. The predicted octanol–water partition coefficient (Wildman–Crippen LogP) is 2.81. The van der Waals surface area contributed by atoms with Gasteiger partial charge in [0.2, 0.25) is 5.95 Å². The van der Waals surface area contributed by atoms with Crippen LogP contribution in [0.15, 0.2) is 53.8 Å². The van der Waals surface area contributed by atoms with Gasteiger partial charge in [-0.25, -0.2) is 15.0 Å². The SMILES string of the molecule is CN=C(NCc1sc(-c2ccccc2)nc1C)N1CCN(c2ncccn2)CC1. The zero-order chi connectivity index (χ0) is 20.1. The number of guanidine groups is 1. The van der Waals surface area contributed by atoms with Crippen LogP contribution < -0.4 is 10.2 Å². The highest BCUT2D eigenvalue weighted by molar-refractivity contribution is 7.15. The third-order valence-electron chi connectivity index (χ3n) is 4.95. The van der Waals surface area contributed by atoms with Crippen LogP contribution in [0.25, 0.3) is 10.6 Å². The lowest BCUT2D eigenvalue weighted by Gasteiger charge is -2.36. The fourth-order valence-corrected chi connectivity index (χ4v) is 4.37. The van der Waals surface area contributed by atoms with Crippen LogP contribution in [-0.2, 0) is 6.54 Å². The molecule has 1 N–H and O–H groups in total. The molecule has 3 heterocycles. The second kappa shape index (κ2) is 9.00. The second-order valence-electron chi connectivity index (χ2n) is 6.82. The van der Waals surface area contributed by atoms with Crippen molar-refractivity contribution in [2.24, 2.45) is 4.99 Å². The minimum atomic E-state index is 0.727. The Balaban J connectivity index is 1.35. The molecule has 8 heteroatoms. The molecule has 1 aliphatic heterocycles. The molecule has 0 amide bonds. The Morgan fingerprint density at radius 3 is 2.48 bits per heavy atom. The normalized spacial score (nSPS) is 14.9. The Kier molecular flexibility index (Phi) is 6.00. The number of nitrogens with zero attached hydrogens (tertiary/aromatic N) is 6. The van der Waals surface area contributed by atoms with Gasteiger partial charge in [-0.2, -0.15) is 0 Å². The number of thiazole rings is 1.